The van der Waals surface area contributed by atoms with Crippen molar-refractivity contribution in [2.75, 3.05) is 38.1 Å². The number of rotatable bonds is 4. The van der Waals surface area contributed by atoms with E-state index in [0.29, 0.717) is 17.2 Å². The summed E-state index contributed by atoms with van der Waals surface area (Å²) < 4.78 is 5.48. The minimum absolute atomic E-state index is 0.0144. The zero-order valence-corrected chi connectivity index (χ0v) is 17.9. The lowest BCUT2D eigenvalue weighted by Gasteiger charge is -2.32. The van der Waals surface area contributed by atoms with E-state index in [0.717, 1.165) is 32.7 Å². The van der Waals surface area contributed by atoms with Crippen LogP contribution in [0.1, 0.15) is 17.1 Å². The van der Waals surface area contributed by atoms with E-state index < -0.39 is 11.8 Å². The Bertz CT molecular complexity index is 1000. The number of anilines is 1. The molecule has 0 bridgehead atoms. The number of thiocarbonyl (C=S) groups is 1. The minimum Gasteiger partial charge on any atom is -0.462 e. The first-order chi connectivity index (χ1) is 14.4. The standard InChI is InChI=1S/C22H24N4O3S/c1-15-3-8-18(29-15)13-19-20(27)23-22(30)26(21(19)28)17-6-4-16(5-7-17)14-25-11-9-24(2)10-12-25/h3-8,13H,9-12,14H2,1-2H3,(H,23,27,30). The number of hydrogen-bond donors (Lipinski definition) is 1. The molecule has 156 valence electrons. The summed E-state index contributed by atoms with van der Waals surface area (Å²) in [6.45, 7) is 6.89. The van der Waals surface area contributed by atoms with E-state index in [4.69, 9.17) is 16.6 Å². The Kier molecular flexibility index (Phi) is 5.80. The van der Waals surface area contributed by atoms with Crippen LogP contribution in [0.3, 0.4) is 0 Å². The van der Waals surface area contributed by atoms with Crippen molar-refractivity contribution in [1.82, 2.24) is 15.1 Å². The van der Waals surface area contributed by atoms with Gasteiger partial charge in [0.05, 0.1) is 5.69 Å². The van der Waals surface area contributed by atoms with Gasteiger partial charge in [-0.05, 0) is 62.1 Å². The molecule has 0 saturated carbocycles. The van der Waals surface area contributed by atoms with Gasteiger partial charge in [-0.3, -0.25) is 24.7 Å². The van der Waals surface area contributed by atoms with E-state index >= 15 is 0 Å². The number of nitrogens with one attached hydrogen (secondary N) is 1. The molecule has 2 fully saturated rings. The first-order valence-electron chi connectivity index (χ1n) is 9.88. The highest BCUT2D eigenvalue weighted by Crippen LogP contribution is 2.23. The molecule has 2 saturated heterocycles. The molecule has 0 unspecified atom stereocenters. The lowest BCUT2D eigenvalue weighted by molar-refractivity contribution is -0.122. The fourth-order valence-electron chi connectivity index (χ4n) is 3.58. The molecule has 30 heavy (non-hydrogen) atoms. The zero-order valence-electron chi connectivity index (χ0n) is 17.1. The van der Waals surface area contributed by atoms with Crippen LogP contribution in [0.15, 0.2) is 46.4 Å². The van der Waals surface area contributed by atoms with Gasteiger partial charge in [0.2, 0.25) is 0 Å². The van der Waals surface area contributed by atoms with E-state index in [9.17, 15) is 9.59 Å². The maximum Gasteiger partial charge on any atom is 0.270 e. The molecule has 0 spiro atoms. The lowest BCUT2D eigenvalue weighted by atomic mass is 10.1. The maximum absolute atomic E-state index is 13.0. The number of piperazine rings is 1. The molecule has 7 nitrogen and oxygen atoms in total. The number of amides is 2. The third-order valence-electron chi connectivity index (χ3n) is 5.35. The van der Waals surface area contributed by atoms with Crippen molar-refractivity contribution in [2.45, 2.75) is 13.5 Å². The van der Waals surface area contributed by atoms with Crippen molar-refractivity contribution in [3.63, 3.8) is 0 Å². The van der Waals surface area contributed by atoms with Crippen LogP contribution in [0.4, 0.5) is 5.69 Å². The third-order valence-corrected chi connectivity index (χ3v) is 5.63. The molecular weight excluding hydrogens is 400 g/mol. The van der Waals surface area contributed by atoms with Crippen molar-refractivity contribution in [3.05, 3.63) is 59.1 Å². The highest BCUT2D eigenvalue weighted by molar-refractivity contribution is 7.80. The Hall–Kier alpha value is -2.81. The van der Waals surface area contributed by atoms with Crippen molar-refractivity contribution in [1.29, 1.82) is 0 Å². The van der Waals surface area contributed by atoms with Crippen molar-refractivity contribution in [2.24, 2.45) is 0 Å². The molecule has 1 N–H and O–H groups in total. The normalized spacial score (nSPS) is 20.1. The number of benzene rings is 1. The summed E-state index contributed by atoms with van der Waals surface area (Å²) in [5.41, 5.74) is 1.78. The molecule has 2 aromatic rings. The van der Waals surface area contributed by atoms with Gasteiger partial charge in [-0.25, -0.2) is 0 Å². The number of carbonyl (C=O) groups is 2. The van der Waals surface area contributed by atoms with Crippen LogP contribution in [0.5, 0.6) is 0 Å². The third kappa shape index (κ3) is 4.35. The van der Waals surface area contributed by atoms with Crippen LogP contribution in [-0.2, 0) is 16.1 Å². The van der Waals surface area contributed by atoms with Gasteiger partial charge in [0.25, 0.3) is 11.8 Å². The lowest BCUT2D eigenvalue weighted by Crippen LogP contribution is -2.54. The molecule has 1 aromatic carbocycles. The first-order valence-corrected chi connectivity index (χ1v) is 10.3. The second-order valence-corrected chi connectivity index (χ2v) is 8.04. The number of furan rings is 1. The summed E-state index contributed by atoms with van der Waals surface area (Å²) in [5.74, 6) is 0.154. The quantitative estimate of drug-likeness (QED) is 0.461. The summed E-state index contributed by atoms with van der Waals surface area (Å²) in [6, 6.07) is 11.2. The fourth-order valence-corrected chi connectivity index (χ4v) is 3.86. The molecule has 0 atom stereocenters. The van der Waals surface area contributed by atoms with E-state index in [1.54, 1.807) is 19.1 Å². The summed E-state index contributed by atoms with van der Waals surface area (Å²) in [4.78, 5) is 31.5. The summed E-state index contributed by atoms with van der Waals surface area (Å²) >= 11 is 5.27. The molecule has 1 aromatic heterocycles. The van der Waals surface area contributed by atoms with Crippen LogP contribution < -0.4 is 10.2 Å². The van der Waals surface area contributed by atoms with Crippen LogP contribution in [0, 0.1) is 6.92 Å². The Morgan fingerprint density at radius 3 is 2.40 bits per heavy atom. The van der Waals surface area contributed by atoms with Crippen LogP contribution in [-0.4, -0.2) is 60.0 Å². The number of hydrogen-bond acceptors (Lipinski definition) is 6. The zero-order chi connectivity index (χ0) is 21.3. The predicted molar refractivity (Wildman–Crippen MR) is 119 cm³/mol. The highest BCUT2D eigenvalue weighted by atomic mass is 32.1. The van der Waals surface area contributed by atoms with Gasteiger partial charge in [0.1, 0.15) is 17.1 Å². The van der Waals surface area contributed by atoms with Crippen LogP contribution >= 0.6 is 12.2 Å². The molecule has 2 aliphatic heterocycles. The monoisotopic (exact) mass is 424 g/mol. The molecule has 0 radical (unpaired) electrons. The Labute approximate surface area is 180 Å². The number of aryl methyl sites for hydroxylation is 1. The van der Waals surface area contributed by atoms with Crippen LogP contribution in [0.2, 0.25) is 0 Å². The van der Waals surface area contributed by atoms with E-state index in [1.807, 2.05) is 24.3 Å². The largest absolute Gasteiger partial charge is 0.462 e. The second kappa shape index (κ2) is 8.51. The average Bonchev–Trinajstić information content (AvgIpc) is 3.13. The first kappa shape index (κ1) is 20.5. The average molecular weight is 425 g/mol. The fraction of sp³-hybridized carbons (Fsp3) is 0.318. The molecule has 8 heteroatoms. The number of carbonyl (C=O) groups excluding carboxylic acids is 2. The molecule has 0 aliphatic carbocycles. The number of nitrogens with zero attached hydrogens (tertiary/aromatic N) is 3. The van der Waals surface area contributed by atoms with Crippen molar-refractivity contribution in [3.8, 4) is 0 Å². The molecule has 4 rings (SSSR count). The van der Waals surface area contributed by atoms with E-state index in [-0.39, 0.29) is 10.7 Å². The summed E-state index contributed by atoms with van der Waals surface area (Å²) in [6.07, 6.45) is 1.45. The molecule has 2 amide bonds. The van der Waals surface area contributed by atoms with E-state index in [2.05, 4.69) is 22.2 Å². The minimum atomic E-state index is -0.526. The van der Waals surface area contributed by atoms with Gasteiger partial charge in [-0.2, -0.15) is 0 Å². The predicted octanol–water partition coefficient (Wildman–Crippen LogP) is 2.17. The second-order valence-electron chi connectivity index (χ2n) is 7.65. The summed E-state index contributed by atoms with van der Waals surface area (Å²) in [5, 5.41) is 2.67. The van der Waals surface area contributed by atoms with Gasteiger partial charge >= 0.3 is 0 Å². The van der Waals surface area contributed by atoms with Crippen LogP contribution in [0.25, 0.3) is 6.08 Å². The Morgan fingerprint density at radius 1 is 1.07 bits per heavy atom. The van der Waals surface area contributed by atoms with Crippen molar-refractivity contribution >= 4 is 40.9 Å². The van der Waals surface area contributed by atoms with Gasteiger partial charge in [-0.15, -0.1) is 0 Å². The van der Waals surface area contributed by atoms with E-state index in [1.165, 1.54) is 16.5 Å². The Balaban J connectivity index is 1.52. The summed E-state index contributed by atoms with van der Waals surface area (Å²) in [7, 11) is 2.14. The highest BCUT2D eigenvalue weighted by Gasteiger charge is 2.34. The Morgan fingerprint density at radius 2 is 1.77 bits per heavy atom. The maximum atomic E-state index is 13.0. The number of likely N-dealkylation sites (N-methyl/N-ethyl adjacent to an activating group) is 1. The smallest absolute Gasteiger partial charge is 0.270 e. The molecule has 3 heterocycles. The molecule has 2 aliphatic rings. The van der Waals surface area contributed by atoms with Gasteiger partial charge in [-0.1, -0.05) is 12.1 Å². The van der Waals surface area contributed by atoms with Gasteiger partial charge in [0, 0.05) is 32.7 Å². The van der Waals surface area contributed by atoms with Gasteiger partial charge in [0.15, 0.2) is 5.11 Å². The molecular formula is C22H24N4O3S. The van der Waals surface area contributed by atoms with Gasteiger partial charge < -0.3 is 9.32 Å². The van der Waals surface area contributed by atoms with Crippen molar-refractivity contribution < 1.29 is 14.0 Å². The topological polar surface area (TPSA) is 69.0 Å². The SMILES string of the molecule is Cc1ccc(C=C2C(=O)NC(=S)N(c3ccc(CN4CCN(C)CC4)cc3)C2=O)o1.